The molecule has 2 rings (SSSR count). The van der Waals surface area contributed by atoms with Crippen LogP contribution in [-0.4, -0.2) is 35.7 Å². The zero-order valence-electron chi connectivity index (χ0n) is 12.9. The first kappa shape index (κ1) is 19.5. The molecule has 1 aromatic rings. The zero-order chi connectivity index (χ0) is 16.3. The molecule has 2 N–H and O–H groups in total. The summed E-state index contributed by atoms with van der Waals surface area (Å²) >= 11 is 0. The molecule has 1 unspecified atom stereocenters. The van der Waals surface area contributed by atoms with Gasteiger partial charge in [0.05, 0.1) is 5.56 Å². The highest BCUT2D eigenvalue weighted by atomic mass is 35.5. The number of hydrogen-bond donors (Lipinski definition) is 1. The Morgan fingerprint density at radius 2 is 1.91 bits per heavy atom. The fourth-order valence-corrected chi connectivity index (χ4v) is 2.70. The lowest BCUT2D eigenvalue weighted by Crippen LogP contribution is -2.42. The summed E-state index contributed by atoms with van der Waals surface area (Å²) < 4.78 is 26.8. The maximum absolute atomic E-state index is 13.7. The van der Waals surface area contributed by atoms with Gasteiger partial charge in [0.15, 0.2) is 5.78 Å². The predicted molar refractivity (Wildman–Crippen MR) is 85.5 cm³/mol. The van der Waals surface area contributed by atoms with Crippen LogP contribution in [-0.2, 0) is 4.79 Å². The van der Waals surface area contributed by atoms with Crippen molar-refractivity contribution >= 4 is 24.1 Å². The molecule has 1 aliphatic heterocycles. The number of ketones is 1. The standard InChI is InChI=1S/C16H20F2N2O2.ClH/c1-10(19)8-15(21)20-6-4-11(5-7-20)16(22)13-9-12(17)2-3-14(13)18;/h2-3,9-11H,4-8,19H2,1H3;1H. The number of Topliss-reactive ketones (excluding diaryl/α,β-unsaturated/α-hetero) is 1. The van der Waals surface area contributed by atoms with Crippen LogP contribution in [0.4, 0.5) is 8.78 Å². The maximum atomic E-state index is 13.7. The summed E-state index contributed by atoms with van der Waals surface area (Å²) in [7, 11) is 0. The molecule has 1 fully saturated rings. The van der Waals surface area contributed by atoms with E-state index in [0.29, 0.717) is 25.9 Å². The van der Waals surface area contributed by atoms with Gasteiger partial charge in [-0.05, 0) is 38.0 Å². The molecule has 1 amide bonds. The number of amides is 1. The van der Waals surface area contributed by atoms with E-state index in [0.717, 1.165) is 18.2 Å². The Balaban J connectivity index is 0.00000264. The van der Waals surface area contributed by atoms with Crippen LogP contribution in [0.15, 0.2) is 18.2 Å². The Bertz CT molecular complexity index is 573. The van der Waals surface area contributed by atoms with Gasteiger partial charge >= 0.3 is 0 Å². The van der Waals surface area contributed by atoms with E-state index in [9.17, 15) is 18.4 Å². The van der Waals surface area contributed by atoms with Crippen molar-refractivity contribution in [3.63, 3.8) is 0 Å². The van der Waals surface area contributed by atoms with Gasteiger partial charge in [0.2, 0.25) is 5.91 Å². The van der Waals surface area contributed by atoms with E-state index >= 15 is 0 Å². The molecule has 23 heavy (non-hydrogen) atoms. The van der Waals surface area contributed by atoms with E-state index in [4.69, 9.17) is 5.73 Å². The van der Waals surface area contributed by atoms with Crippen LogP contribution in [0.1, 0.15) is 36.5 Å². The lowest BCUT2D eigenvalue weighted by Gasteiger charge is -2.31. The summed E-state index contributed by atoms with van der Waals surface area (Å²) in [6, 6.07) is 2.68. The molecular weight excluding hydrogens is 326 g/mol. The summed E-state index contributed by atoms with van der Waals surface area (Å²) in [4.78, 5) is 25.9. The van der Waals surface area contributed by atoms with E-state index in [-0.39, 0.29) is 42.3 Å². The maximum Gasteiger partial charge on any atom is 0.224 e. The Morgan fingerprint density at radius 1 is 1.30 bits per heavy atom. The summed E-state index contributed by atoms with van der Waals surface area (Å²) in [5.74, 6) is -2.14. The van der Waals surface area contributed by atoms with Crippen molar-refractivity contribution in [1.29, 1.82) is 0 Å². The first-order valence-electron chi connectivity index (χ1n) is 7.41. The summed E-state index contributed by atoms with van der Waals surface area (Å²) in [6.45, 7) is 2.65. The fourth-order valence-electron chi connectivity index (χ4n) is 2.70. The van der Waals surface area contributed by atoms with Gasteiger partial charge in [-0.1, -0.05) is 0 Å². The molecule has 0 aromatic heterocycles. The molecule has 0 radical (unpaired) electrons. The summed E-state index contributed by atoms with van der Waals surface area (Å²) in [5.41, 5.74) is 5.40. The molecule has 1 heterocycles. The second kappa shape index (κ2) is 8.36. The molecule has 1 aromatic carbocycles. The monoisotopic (exact) mass is 346 g/mol. The molecule has 1 saturated heterocycles. The van der Waals surface area contributed by atoms with Crippen molar-refractivity contribution in [1.82, 2.24) is 4.90 Å². The number of likely N-dealkylation sites (tertiary alicyclic amines) is 1. The third kappa shape index (κ3) is 4.97. The molecule has 0 bridgehead atoms. The Hall–Kier alpha value is -1.53. The molecule has 1 atom stereocenters. The van der Waals surface area contributed by atoms with E-state index < -0.39 is 17.4 Å². The zero-order valence-corrected chi connectivity index (χ0v) is 13.7. The average Bonchev–Trinajstić information content (AvgIpc) is 2.48. The van der Waals surface area contributed by atoms with Crippen LogP contribution in [0, 0.1) is 17.6 Å². The van der Waals surface area contributed by atoms with Gasteiger partial charge in [-0.2, -0.15) is 0 Å². The quantitative estimate of drug-likeness (QED) is 0.852. The van der Waals surface area contributed by atoms with Gasteiger partial charge in [0, 0.05) is 31.5 Å². The molecular formula is C16H21ClF2N2O2. The molecule has 0 aliphatic carbocycles. The summed E-state index contributed by atoms with van der Waals surface area (Å²) in [6.07, 6.45) is 1.19. The van der Waals surface area contributed by atoms with Crippen molar-refractivity contribution in [3.05, 3.63) is 35.4 Å². The third-order valence-corrected chi connectivity index (χ3v) is 3.91. The molecule has 7 heteroatoms. The highest BCUT2D eigenvalue weighted by Crippen LogP contribution is 2.24. The fraction of sp³-hybridized carbons (Fsp3) is 0.500. The van der Waals surface area contributed by atoms with Crippen LogP contribution in [0.2, 0.25) is 0 Å². The van der Waals surface area contributed by atoms with Crippen molar-refractivity contribution in [2.45, 2.75) is 32.2 Å². The van der Waals surface area contributed by atoms with Gasteiger partial charge in [0.1, 0.15) is 11.6 Å². The first-order chi connectivity index (χ1) is 10.4. The number of carbonyl (C=O) groups excluding carboxylic acids is 2. The van der Waals surface area contributed by atoms with Crippen LogP contribution in [0.25, 0.3) is 0 Å². The average molecular weight is 347 g/mol. The molecule has 0 spiro atoms. The van der Waals surface area contributed by atoms with Crippen molar-refractivity contribution in [2.75, 3.05) is 13.1 Å². The Kier molecular flexibility index (Phi) is 7.09. The van der Waals surface area contributed by atoms with Crippen molar-refractivity contribution in [3.8, 4) is 0 Å². The normalized spacial score (nSPS) is 16.6. The van der Waals surface area contributed by atoms with Gasteiger partial charge < -0.3 is 10.6 Å². The number of carbonyl (C=O) groups is 2. The minimum Gasteiger partial charge on any atom is -0.343 e. The largest absolute Gasteiger partial charge is 0.343 e. The van der Waals surface area contributed by atoms with Crippen molar-refractivity contribution in [2.24, 2.45) is 11.7 Å². The van der Waals surface area contributed by atoms with Crippen LogP contribution in [0.5, 0.6) is 0 Å². The predicted octanol–water partition coefficient (Wildman–Crippen LogP) is 2.55. The Labute approximate surface area is 140 Å². The Morgan fingerprint density at radius 3 is 2.48 bits per heavy atom. The molecule has 128 valence electrons. The number of nitrogens with zero attached hydrogens (tertiary/aromatic N) is 1. The highest BCUT2D eigenvalue weighted by molar-refractivity contribution is 5.98. The SMILES string of the molecule is CC(N)CC(=O)N1CCC(C(=O)c2cc(F)ccc2F)CC1.Cl. The highest BCUT2D eigenvalue weighted by Gasteiger charge is 2.29. The van der Waals surface area contributed by atoms with Crippen LogP contribution in [0.3, 0.4) is 0 Å². The van der Waals surface area contributed by atoms with Crippen molar-refractivity contribution < 1.29 is 18.4 Å². The number of benzene rings is 1. The van der Waals surface area contributed by atoms with Crippen LogP contribution >= 0.6 is 12.4 Å². The second-order valence-corrected chi connectivity index (χ2v) is 5.82. The number of halogens is 3. The third-order valence-electron chi connectivity index (χ3n) is 3.91. The van der Waals surface area contributed by atoms with Gasteiger partial charge in [-0.15, -0.1) is 12.4 Å². The van der Waals surface area contributed by atoms with E-state index in [1.54, 1.807) is 11.8 Å². The van der Waals surface area contributed by atoms with E-state index in [2.05, 4.69) is 0 Å². The second-order valence-electron chi connectivity index (χ2n) is 5.82. The van der Waals surface area contributed by atoms with Crippen LogP contribution < -0.4 is 5.73 Å². The first-order valence-corrected chi connectivity index (χ1v) is 7.41. The topological polar surface area (TPSA) is 63.4 Å². The van der Waals surface area contributed by atoms with E-state index in [1.165, 1.54) is 0 Å². The number of nitrogens with two attached hydrogens (primary N) is 1. The van der Waals surface area contributed by atoms with Gasteiger partial charge in [-0.3, -0.25) is 9.59 Å². The molecule has 4 nitrogen and oxygen atoms in total. The summed E-state index contributed by atoms with van der Waals surface area (Å²) in [5, 5.41) is 0. The molecule has 0 saturated carbocycles. The lowest BCUT2D eigenvalue weighted by molar-refractivity contribution is -0.132. The minimum atomic E-state index is -0.707. The molecule has 1 aliphatic rings. The smallest absolute Gasteiger partial charge is 0.224 e. The number of rotatable bonds is 4. The van der Waals surface area contributed by atoms with Gasteiger partial charge in [0.25, 0.3) is 0 Å². The van der Waals surface area contributed by atoms with E-state index in [1.807, 2.05) is 0 Å². The number of piperidine rings is 1. The van der Waals surface area contributed by atoms with Gasteiger partial charge in [-0.25, -0.2) is 8.78 Å². The number of hydrogen-bond acceptors (Lipinski definition) is 3. The lowest BCUT2D eigenvalue weighted by atomic mass is 9.88. The minimum absolute atomic E-state index is 0.